The third-order valence-electron chi connectivity index (χ3n) is 5.06. The molecule has 6 nitrogen and oxygen atoms in total. The maximum atomic E-state index is 11.9. The number of rotatable bonds is 5. The Labute approximate surface area is 172 Å². The van der Waals surface area contributed by atoms with E-state index in [2.05, 4.69) is 9.74 Å². The van der Waals surface area contributed by atoms with Gasteiger partial charge in [-0.05, 0) is 40.5 Å². The summed E-state index contributed by atoms with van der Waals surface area (Å²) < 4.78 is 10.7. The van der Waals surface area contributed by atoms with E-state index >= 15 is 0 Å². The number of morpholine rings is 1. The molecule has 1 saturated heterocycles. The van der Waals surface area contributed by atoms with E-state index in [9.17, 15) is 9.90 Å². The Bertz CT molecular complexity index is 1110. The number of aromatic carboxylic acids is 1. The lowest BCUT2D eigenvalue weighted by Crippen LogP contribution is -2.35. The van der Waals surface area contributed by atoms with E-state index in [4.69, 9.17) is 16.0 Å². The van der Waals surface area contributed by atoms with Crippen LogP contribution in [0.15, 0.2) is 36.4 Å². The number of thiophene rings is 1. The van der Waals surface area contributed by atoms with Crippen LogP contribution in [0.1, 0.15) is 20.8 Å². The molecular formula is C22H20N2O4S. The highest BCUT2D eigenvalue weighted by molar-refractivity contribution is 7.18. The van der Waals surface area contributed by atoms with Gasteiger partial charge >= 0.3 is 5.97 Å². The van der Waals surface area contributed by atoms with Gasteiger partial charge in [-0.1, -0.05) is 24.3 Å². The number of hydrogen-bond donors (Lipinski definition) is 1. The summed E-state index contributed by atoms with van der Waals surface area (Å²) in [6, 6.07) is 11.9. The molecule has 3 aromatic rings. The predicted octanol–water partition coefficient (Wildman–Crippen LogP) is 4.59. The minimum absolute atomic E-state index is 0.243. The number of fused-ring (bicyclic) bond motifs is 1. The van der Waals surface area contributed by atoms with Gasteiger partial charge in [-0.2, -0.15) is 0 Å². The summed E-state index contributed by atoms with van der Waals surface area (Å²) in [6.45, 7) is 10.2. The molecule has 1 aromatic heterocycles. The SMILES string of the molecule is [C-]#[N+]c1c(N2CCOCC2)sc(C(=O)O)c1Cc1ccc2cc(OC)ccc2c1. The maximum Gasteiger partial charge on any atom is 0.344 e. The molecule has 0 aliphatic carbocycles. The summed E-state index contributed by atoms with van der Waals surface area (Å²) in [5.41, 5.74) is 2.01. The Kier molecular flexibility index (Phi) is 5.38. The standard InChI is InChI=1S/C22H20N2O4S/c1-23-19-18(20(22(25)26)29-21(19)24-7-9-28-10-8-24)12-14-3-4-16-13-17(27-2)6-5-15(16)11-14/h3-6,11,13H,7-10,12H2,2H3,(H,25,26). The lowest BCUT2D eigenvalue weighted by atomic mass is 10.0. The zero-order valence-electron chi connectivity index (χ0n) is 16.0. The van der Waals surface area contributed by atoms with Crippen LogP contribution in [0, 0.1) is 6.57 Å². The highest BCUT2D eigenvalue weighted by Gasteiger charge is 2.26. The number of carboxylic acids is 1. The summed E-state index contributed by atoms with van der Waals surface area (Å²) in [5, 5.41) is 12.6. The van der Waals surface area contributed by atoms with Crippen LogP contribution in [0.3, 0.4) is 0 Å². The minimum Gasteiger partial charge on any atom is -0.497 e. The van der Waals surface area contributed by atoms with E-state index in [1.807, 2.05) is 36.4 Å². The first-order chi connectivity index (χ1) is 14.1. The van der Waals surface area contributed by atoms with Crippen LogP contribution in [-0.2, 0) is 11.2 Å². The maximum absolute atomic E-state index is 11.9. The molecule has 7 heteroatoms. The molecule has 0 saturated carbocycles. The molecule has 0 amide bonds. The van der Waals surface area contributed by atoms with E-state index in [1.165, 1.54) is 11.3 Å². The molecule has 1 fully saturated rings. The van der Waals surface area contributed by atoms with Crippen LogP contribution in [0.25, 0.3) is 15.6 Å². The molecule has 1 aliphatic rings. The second-order valence-corrected chi connectivity index (χ2v) is 7.80. The molecule has 4 rings (SSSR count). The van der Waals surface area contributed by atoms with E-state index in [0.29, 0.717) is 44.0 Å². The van der Waals surface area contributed by atoms with Crippen molar-refractivity contribution in [3.8, 4) is 5.75 Å². The van der Waals surface area contributed by atoms with Gasteiger partial charge in [0, 0.05) is 13.1 Å². The second kappa shape index (κ2) is 8.11. The number of benzene rings is 2. The molecule has 2 heterocycles. The number of carbonyl (C=O) groups is 1. The van der Waals surface area contributed by atoms with E-state index in [0.717, 1.165) is 27.1 Å². The molecule has 1 N–H and O–H groups in total. The van der Waals surface area contributed by atoms with Gasteiger partial charge in [0.25, 0.3) is 0 Å². The molecular weight excluding hydrogens is 388 g/mol. The van der Waals surface area contributed by atoms with Gasteiger partial charge in [0.2, 0.25) is 5.69 Å². The van der Waals surface area contributed by atoms with Gasteiger partial charge in [-0.15, -0.1) is 11.3 Å². The largest absolute Gasteiger partial charge is 0.497 e. The zero-order valence-corrected chi connectivity index (χ0v) is 16.8. The van der Waals surface area contributed by atoms with Gasteiger partial charge in [-0.3, -0.25) is 0 Å². The smallest absolute Gasteiger partial charge is 0.344 e. The second-order valence-electron chi connectivity index (χ2n) is 6.80. The van der Waals surface area contributed by atoms with Crippen molar-refractivity contribution in [1.82, 2.24) is 0 Å². The van der Waals surface area contributed by atoms with E-state index < -0.39 is 5.97 Å². The van der Waals surface area contributed by atoms with Gasteiger partial charge in [-0.25, -0.2) is 9.64 Å². The fourth-order valence-corrected chi connectivity index (χ4v) is 4.74. The molecule has 0 atom stereocenters. The van der Waals surface area contributed by atoms with E-state index in [1.54, 1.807) is 7.11 Å². The van der Waals surface area contributed by atoms with Gasteiger partial charge in [0.15, 0.2) is 0 Å². The number of ether oxygens (including phenoxy) is 2. The molecule has 148 valence electrons. The summed E-state index contributed by atoms with van der Waals surface area (Å²) in [7, 11) is 1.64. The summed E-state index contributed by atoms with van der Waals surface area (Å²) in [4.78, 5) is 17.9. The highest BCUT2D eigenvalue weighted by atomic mass is 32.1. The Morgan fingerprint density at radius 1 is 1.24 bits per heavy atom. The number of nitrogens with zero attached hydrogens (tertiary/aromatic N) is 2. The van der Waals surface area contributed by atoms with Crippen molar-refractivity contribution in [3.63, 3.8) is 0 Å². The van der Waals surface area contributed by atoms with Crippen molar-refractivity contribution in [2.45, 2.75) is 6.42 Å². The Morgan fingerprint density at radius 2 is 1.97 bits per heavy atom. The lowest BCUT2D eigenvalue weighted by Gasteiger charge is -2.28. The monoisotopic (exact) mass is 408 g/mol. The zero-order chi connectivity index (χ0) is 20.4. The van der Waals surface area contributed by atoms with Crippen molar-refractivity contribution in [3.05, 3.63) is 63.8 Å². The van der Waals surface area contributed by atoms with Crippen LogP contribution in [0.5, 0.6) is 5.75 Å². The molecule has 0 radical (unpaired) electrons. The number of anilines is 1. The molecule has 29 heavy (non-hydrogen) atoms. The minimum atomic E-state index is -0.986. The Hall–Kier alpha value is -3.08. The average molecular weight is 408 g/mol. The van der Waals surface area contributed by atoms with Crippen molar-refractivity contribution < 1.29 is 19.4 Å². The Balaban J connectivity index is 1.74. The first-order valence-corrected chi connectivity index (χ1v) is 10.1. The normalized spacial score (nSPS) is 14.0. The molecule has 0 spiro atoms. The van der Waals surface area contributed by atoms with Crippen LogP contribution in [0.2, 0.25) is 0 Å². The van der Waals surface area contributed by atoms with Crippen molar-refractivity contribution in [2.24, 2.45) is 0 Å². The summed E-state index contributed by atoms with van der Waals surface area (Å²) >= 11 is 1.19. The third kappa shape index (κ3) is 3.77. The molecule has 0 unspecified atom stereocenters. The fourth-order valence-electron chi connectivity index (χ4n) is 3.59. The van der Waals surface area contributed by atoms with Crippen LogP contribution >= 0.6 is 11.3 Å². The van der Waals surface area contributed by atoms with Crippen molar-refractivity contribution >= 4 is 38.8 Å². The van der Waals surface area contributed by atoms with Gasteiger partial charge in [0.1, 0.15) is 10.6 Å². The predicted molar refractivity (Wildman–Crippen MR) is 114 cm³/mol. The molecule has 0 bridgehead atoms. The number of methoxy groups -OCH3 is 1. The topological polar surface area (TPSA) is 63.4 Å². The van der Waals surface area contributed by atoms with Crippen LogP contribution in [-0.4, -0.2) is 44.5 Å². The van der Waals surface area contributed by atoms with Gasteiger partial charge < -0.3 is 19.5 Å². The van der Waals surface area contributed by atoms with Gasteiger partial charge in [0.05, 0.1) is 31.9 Å². The van der Waals surface area contributed by atoms with Crippen LogP contribution < -0.4 is 9.64 Å². The fraction of sp³-hybridized carbons (Fsp3) is 0.273. The first kappa shape index (κ1) is 19.2. The van der Waals surface area contributed by atoms with Crippen molar-refractivity contribution in [1.29, 1.82) is 0 Å². The first-order valence-electron chi connectivity index (χ1n) is 9.26. The van der Waals surface area contributed by atoms with E-state index in [-0.39, 0.29) is 4.88 Å². The number of hydrogen-bond acceptors (Lipinski definition) is 5. The highest BCUT2D eigenvalue weighted by Crippen LogP contribution is 2.44. The van der Waals surface area contributed by atoms with Crippen LogP contribution in [0.4, 0.5) is 10.7 Å². The average Bonchev–Trinajstić information content (AvgIpc) is 3.12. The lowest BCUT2D eigenvalue weighted by molar-refractivity contribution is 0.0701. The third-order valence-corrected chi connectivity index (χ3v) is 6.33. The molecule has 2 aromatic carbocycles. The summed E-state index contributed by atoms with van der Waals surface area (Å²) in [6.07, 6.45) is 0.405. The molecule has 1 aliphatic heterocycles. The Morgan fingerprint density at radius 3 is 2.66 bits per heavy atom. The quantitative estimate of drug-likeness (QED) is 0.626. The van der Waals surface area contributed by atoms with Crippen molar-refractivity contribution in [2.75, 3.05) is 38.3 Å². The summed E-state index contributed by atoms with van der Waals surface area (Å²) in [5.74, 6) is -0.193. The number of carboxylic acid groups (broad SMARTS) is 1.